The number of likely N-dealkylation sites (tertiary alicyclic amines) is 1. The molecule has 0 unspecified atom stereocenters. The molecule has 5 nitrogen and oxygen atoms in total. The molecule has 0 atom stereocenters. The summed E-state index contributed by atoms with van der Waals surface area (Å²) in [6, 6.07) is 7.71. The van der Waals surface area contributed by atoms with Gasteiger partial charge in [0, 0.05) is 38.8 Å². The van der Waals surface area contributed by atoms with Crippen LogP contribution >= 0.6 is 24.0 Å². The zero-order chi connectivity index (χ0) is 16.9. The van der Waals surface area contributed by atoms with Crippen LogP contribution in [-0.4, -0.2) is 43.4 Å². The van der Waals surface area contributed by atoms with Gasteiger partial charge in [0.1, 0.15) is 0 Å². The molecule has 134 valence electrons. The highest BCUT2D eigenvalue weighted by molar-refractivity contribution is 14.0. The van der Waals surface area contributed by atoms with Crippen molar-refractivity contribution in [3.8, 4) is 0 Å². The van der Waals surface area contributed by atoms with Crippen molar-refractivity contribution in [2.24, 2.45) is 10.4 Å². The second-order valence-corrected chi connectivity index (χ2v) is 6.80. The lowest BCUT2D eigenvalue weighted by Gasteiger charge is -2.23. The zero-order valence-electron chi connectivity index (χ0n) is 15.1. The summed E-state index contributed by atoms with van der Waals surface area (Å²) in [5.74, 6) is 0.902. The van der Waals surface area contributed by atoms with E-state index in [-0.39, 0.29) is 29.9 Å². The van der Waals surface area contributed by atoms with Crippen molar-refractivity contribution in [1.29, 1.82) is 0 Å². The maximum Gasteiger partial charge on any atom is 0.251 e. The normalized spacial score (nSPS) is 16.5. The van der Waals surface area contributed by atoms with Crippen LogP contribution < -0.4 is 10.6 Å². The van der Waals surface area contributed by atoms with E-state index in [2.05, 4.69) is 34.4 Å². The molecule has 0 spiro atoms. The molecule has 6 heteroatoms. The van der Waals surface area contributed by atoms with E-state index in [1.54, 1.807) is 0 Å². The molecule has 24 heavy (non-hydrogen) atoms. The number of carbonyl (C=O) groups is 1. The number of nitrogens with zero attached hydrogens (tertiary/aromatic N) is 2. The fourth-order valence-corrected chi connectivity index (χ4v) is 2.89. The molecule has 0 saturated carbocycles. The zero-order valence-corrected chi connectivity index (χ0v) is 17.4. The quantitative estimate of drug-likeness (QED) is 0.427. The van der Waals surface area contributed by atoms with Gasteiger partial charge >= 0.3 is 0 Å². The van der Waals surface area contributed by atoms with Gasteiger partial charge in [-0.15, -0.1) is 24.0 Å². The number of aliphatic imine (C=N–C) groups is 1. The van der Waals surface area contributed by atoms with Crippen molar-refractivity contribution in [2.45, 2.75) is 33.7 Å². The van der Waals surface area contributed by atoms with Gasteiger partial charge in [0.25, 0.3) is 5.91 Å². The van der Waals surface area contributed by atoms with Crippen LogP contribution in [0.25, 0.3) is 0 Å². The maximum absolute atomic E-state index is 11.9. The maximum atomic E-state index is 11.9. The predicted octanol–water partition coefficient (Wildman–Crippen LogP) is 2.86. The first-order valence-electron chi connectivity index (χ1n) is 8.28. The molecule has 2 rings (SSSR count). The third-order valence-electron chi connectivity index (χ3n) is 4.17. The number of guanidine groups is 1. The van der Waals surface area contributed by atoms with Crippen molar-refractivity contribution in [1.82, 2.24) is 15.5 Å². The standard InChI is InChI=1S/C18H28N4O.HI/c1-5-20-16(23)15-8-6-7-14(11-15)12-21-17(19-4)22-10-9-18(2,3)13-22;/h6-8,11H,5,9-10,12-13H2,1-4H3,(H,19,21)(H,20,23);1H. The van der Waals surface area contributed by atoms with Crippen LogP contribution in [0.4, 0.5) is 0 Å². The SMILES string of the molecule is CCNC(=O)c1cccc(CNC(=NC)N2CCC(C)(C)C2)c1.I. The summed E-state index contributed by atoms with van der Waals surface area (Å²) in [5, 5.41) is 6.24. The Kier molecular flexibility index (Phi) is 7.99. The number of amides is 1. The Morgan fingerprint density at radius 3 is 2.67 bits per heavy atom. The average Bonchev–Trinajstić information content (AvgIpc) is 2.88. The Hall–Kier alpha value is -1.31. The van der Waals surface area contributed by atoms with Crippen molar-refractivity contribution in [2.75, 3.05) is 26.7 Å². The number of carbonyl (C=O) groups excluding carboxylic acids is 1. The number of halogens is 1. The van der Waals surface area contributed by atoms with Crippen molar-refractivity contribution >= 4 is 35.8 Å². The van der Waals surface area contributed by atoms with Gasteiger partial charge in [0.15, 0.2) is 5.96 Å². The molecule has 1 saturated heterocycles. The third kappa shape index (κ3) is 5.65. The monoisotopic (exact) mass is 444 g/mol. The van der Waals surface area contributed by atoms with E-state index in [0.717, 1.165) is 24.6 Å². The first kappa shape index (κ1) is 20.7. The third-order valence-corrected chi connectivity index (χ3v) is 4.17. The number of rotatable bonds is 4. The Morgan fingerprint density at radius 2 is 2.08 bits per heavy atom. The summed E-state index contributed by atoms with van der Waals surface area (Å²) in [5.41, 5.74) is 2.12. The van der Waals surface area contributed by atoms with Crippen molar-refractivity contribution < 1.29 is 4.79 Å². The molecule has 1 heterocycles. The molecule has 1 fully saturated rings. The summed E-state index contributed by atoms with van der Waals surface area (Å²) in [7, 11) is 1.82. The minimum absolute atomic E-state index is 0. The lowest BCUT2D eigenvalue weighted by Crippen LogP contribution is -2.40. The van der Waals surface area contributed by atoms with E-state index in [1.165, 1.54) is 6.42 Å². The molecule has 1 aromatic carbocycles. The lowest BCUT2D eigenvalue weighted by atomic mass is 9.93. The van der Waals surface area contributed by atoms with Gasteiger partial charge in [-0.3, -0.25) is 9.79 Å². The van der Waals surface area contributed by atoms with E-state index >= 15 is 0 Å². The van der Waals surface area contributed by atoms with Gasteiger partial charge in [-0.2, -0.15) is 0 Å². The molecular weight excluding hydrogens is 415 g/mol. The van der Waals surface area contributed by atoms with Gasteiger partial charge in [-0.25, -0.2) is 0 Å². The predicted molar refractivity (Wildman–Crippen MR) is 110 cm³/mol. The van der Waals surface area contributed by atoms with Gasteiger partial charge in [0.05, 0.1) is 0 Å². The smallest absolute Gasteiger partial charge is 0.251 e. The summed E-state index contributed by atoms with van der Waals surface area (Å²) >= 11 is 0. The van der Waals surface area contributed by atoms with E-state index in [1.807, 2.05) is 38.2 Å². The summed E-state index contributed by atoms with van der Waals surface area (Å²) in [4.78, 5) is 18.6. The molecule has 0 bridgehead atoms. The van der Waals surface area contributed by atoms with Crippen molar-refractivity contribution in [3.63, 3.8) is 0 Å². The van der Waals surface area contributed by atoms with E-state index in [9.17, 15) is 4.79 Å². The first-order valence-corrected chi connectivity index (χ1v) is 8.28. The number of nitrogens with one attached hydrogen (secondary N) is 2. The Bertz CT molecular complexity index is 586. The highest BCUT2D eigenvalue weighted by Crippen LogP contribution is 2.28. The van der Waals surface area contributed by atoms with Crippen molar-refractivity contribution in [3.05, 3.63) is 35.4 Å². The highest BCUT2D eigenvalue weighted by atomic mass is 127. The van der Waals surface area contributed by atoms with Crippen LogP contribution in [0.3, 0.4) is 0 Å². The van der Waals surface area contributed by atoms with E-state index in [0.29, 0.717) is 24.1 Å². The van der Waals surface area contributed by atoms with Gasteiger partial charge in [0.2, 0.25) is 0 Å². The number of benzene rings is 1. The highest BCUT2D eigenvalue weighted by Gasteiger charge is 2.30. The fourth-order valence-electron chi connectivity index (χ4n) is 2.89. The van der Waals surface area contributed by atoms with Gasteiger partial charge < -0.3 is 15.5 Å². The molecule has 0 aromatic heterocycles. The van der Waals surface area contributed by atoms with E-state index < -0.39 is 0 Å². The van der Waals surface area contributed by atoms with Crippen LogP contribution in [-0.2, 0) is 6.54 Å². The van der Waals surface area contributed by atoms with Crippen LogP contribution in [0.5, 0.6) is 0 Å². The minimum Gasteiger partial charge on any atom is -0.352 e. The Balaban J connectivity index is 0.00000288. The van der Waals surface area contributed by atoms with Crippen LogP contribution in [0.1, 0.15) is 43.1 Å². The molecule has 2 N–H and O–H groups in total. The Labute approximate surface area is 162 Å². The Morgan fingerprint density at radius 1 is 1.33 bits per heavy atom. The van der Waals surface area contributed by atoms with Gasteiger partial charge in [-0.1, -0.05) is 26.0 Å². The summed E-state index contributed by atoms with van der Waals surface area (Å²) < 4.78 is 0. The summed E-state index contributed by atoms with van der Waals surface area (Å²) in [6.07, 6.45) is 1.18. The van der Waals surface area contributed by atoms with Crippen LogP contribution in [0.15, 0.2) is 29.3 Å². The molecular formula is C18H29IN4O. The molecule has 1 aliphatic heterocycles. The number of hydrogen-bond acceptors (Lipinski definition) is 2. The topological polar surface area (TPSA) is 56.7 Å². The molecule has 1 aromatic rings. The molecule has 1 amide bonds. The largest absolute Gasteiger partial charge is 0.352 e. The molecule has 1 aliphatic rings. The first-order chi connectivity index (χ1) is 10.9. The van der Waals surface area contributed by atoms with Crippen LogP contribution in [0, 0.1) is 5.41 Å². The molecule has 0 radical (unpaired) electrons. The van der Waals surface area contributed by atoms with Crippen LogP contribution in [0.2, 0.25) is 0 Å². The summed E-state index contributed by atoms with van der Waals surface area (Å²) in [6.45, 7) is 9.85. The van der Waals surface area contributed by atoms with E-state index in [4.69, 9.17) is 0 Å². The minimum atomic E-state index is -0.0278. The lowest BCUT2D eigenvalue weighted by molar-refractivity contribution is 0.0955. The van der Waals surface area contributed by atoms with Gasteiger partial charge in [-0.05, 0) is 36.5 Å². The molecule has 0 aliphatic carbocycles. The average molecular weight is 444 g/mol. The second kappa shape index (κ2) is 9.25. The fraction of sp³-hybridized carbons (Fsp3) is 0.556. The number of hydrogen-bond donors (Lipinski definition) is 2. The second-order valence-electron chi connectivity index (χ2n) is 6.80.